The first-order chi connectivity index (χ1) is 17.5. The van der Waals surface area contributed by atoms with Gasteiger partial charge in [-0.05, 0) is 66.8 Å². The van der Waals surface area contributed by atoms with Gasteiger partial charge in [0.05, 0.1) is 12.8 Å². The van der Waals surface area contributed by atoms with Crippen LogP contribution >= 0.6 is 0 Å². The molecule has 1 amide bonds. The number of hydrogen-bond acceptors (Lipinski definition) is 5. The summed E-state index contributed by atoms with van der Waals surface area (Å²) in [4.78, 5) is 22.8. The van der Waals surface area contributed by atoms with E-state index in [0.717, 1.165) is 55.5 Å². The number of amides is 1. The summed E-state index contributed by atoms with van der Waals surface area (Å²) in [6, 6.07) is 8.84. The number of carbonyl (C=O) groups is 1. The van der Waals surface area contributed by atoms with E-state index in [1.807, 2.05) is 17.2 Å². The van der Waals surface area contributed by atoms with Crippen molar-refractivity contribution in [3.63, 3.8) is 0 Å². The van der Waals surface area contributed by atoms with Crippen LogP contribution < -0.4 is 4.74 Å². The zero-order valence-corrected chi connectivity index (χ0v) is 21.2. The number of H-pyrrole nitrogens is 1. The Morgan fingerprint density at radius 1 is 1.19 bits per heavy atom. The third-order valence-electron chi connectivity index (χ3n) is 7.77. The van der Waals surface area contributed by atoms with Crippen LogP contribution in [0.15, 0.2) is 36.8 Å². The van der Waals surface area contributed by atoms with E-state index in [4.69, 9.17) is 9.47 Å². The number of carbonyl (C=O) groups excluding carboxylic acids is 1. The van der Waals surface area contributed by atoms with Crippen molar-refractivity contribution in [2.45, 2.75) is 57.5 Å². The smallest absolute Gasteiger partial charge is 0.251 e. The molecule has 3 aromatic heterocycles. The standard InChI is InChI=1S/C28H33N5O3/c1-17(2)25-21-13-19(18-8-10-32(11-9-18)28(34)23-5-4-12-36-23)6-7-22(21)31-26(25)20-14-24(35-3)27-29-16-30-33(27)15-20/h6-7,13-18,23,31H,4-5,8-12H2,1-3H3. The molecule has 0 bridgehead atoms. The van der Waals surface area contributed by atoms with Crippen molar-refractivity contribution in [2.75, 3.05) is 26.8 Å². The molecule has 0 saturated carbocycles. The van der Waals surface area contributed by atoms with Crippen LogP contribution in [-0.4, -0.2) is 63.3 Å². The van der Waals surface area contributed by atoms with Gasteiger partial charge in [-0.1, -0.05) is 19.9 Å². The van der Waals surface area contributed by atoms with Crippen LogP contribution in [0.5, 0.6) is 5.75 Å². The molecule has 0 radical (unpaired) electrons. The van der Waals surface area contributed by atoms with E-state index in [1.54, 1.807) is 18.0 Å². The fraction of sp³-hybridized carbons (Fsp3) is 0.464. The van der Waals surface area contributed by atoms with Crippen molar-refractivity contribution < 1.29 is 14.3 Å². The summed E-state index contributed by atoms with van der Waals surface area (Å²) in [6.45, 7) is 6.78. The Labute approximate surface area is 210 Å². The summed E-state index contributed by atoms with van der Waals surface area (Å²) < 4.78 is 13.0. The van der Waals surface area contributed by atoms with Gasteiger partial charge in [-0.25, -0.2) is 9.50 Å². The Hall–Kier alpha value is -3.39. The summed E-state index contributed by atoms with van der Waals surface area (Å²) in [5.41, 5.74) is 6.58. The van der Waals surface area contributed by atoms with Gasteiger partial charge >= 0.3 is 0 Å². The second-order valence-electron chi connectivity index (χ2n) is 10.3. The minimum atomic E-state index is -0.222. The lowest BCUT2D eigenvalue weighted by atomic mass is 9.87. The largest absolute Gasteiger partial charge is 0.493 e. The summed E-state index contributed by atoms with van der Waals surface area (Å²) >= 11 is 0. The van der Waals surface area contributed by atoms with Crippen molar-refractivity contribution in [1.82, 2.24) is 24.5 Å². The zero-order chi connectivity index (χ0) is 24.8. The number of piperidine rings is 1. The average molecular weight is 488 g/mol. The first-order valence-electron chi connectivity index (χ1n) is 13.0. The molecule has 8 nitrogen and oxygen atoms in total. The highest BCUT2D eigenvalue weighted by atomic mass is 16.5. The minimum absolute atomic E-state index is 0.179. The molecule has 0 aliphatic carbocycles. The van der Waals surface area contributed by atoms with Crippen LogP contribution in [0.3, 0.4) is 0 Å². The summed E-state index contributed by atoms with van der Waals surface area (Å²) in [7, 11) is 1.66. The van der Waals surface area contributed by atoms with Gasteiger partial charge in [0.15, 0.2) is 11.4 Å². The number of aromatic nitrogens is 4. The molecule has 6 rings (SSSR count). The van der Waals surface area contributed by atoms with Crippen LogP contribution in [0, 0.1) is 0 Å². The number of benzene rings is 1. The number of aromatic amines is 1. The molecule has 1 N–H and O–H groups in total. The maximum atomic E-state index is 12.8. The Morgan fingerprint density at radius 3 is 2.75 bits per heavy atom. The molecule has 2 fully saturated rings. The molecule has 8 heteroatoms. The highest BCUT2D eigenvalue weighted by molar-refractivity contribution is 5.92. The molecule has 36 heavy (non-hydrogen) atoms. The number of ether oxygens (including phenoxy) is 2. The molecule has 1 atom stereocenters. The van der Waals surface area contributed by atoms with E-state index in [9.17, 15) is 4.79 Å². The van der Waals surface area contributed by atoms with Gasteiger partial charge in [-0.2, -0.15) is 5.10 Å². The lowest BCUT2D eigenvalue weighted by Crippen LogP contribution is -2.43. The van der Waals surface area contributed by atoms with Crippen molar-refractivity contribution in [3.8, 4) is 17.0 Å². The normalized spacial score (nSPS) is 19.1. The van der Waals surface area contributed by atoms with Gasteiger partial charge in [0.25, 0.3) is 5.91 Å². The van der Waals surface area contributed by atoms with Crippen LogP contribution in [0.1, 0.15) is 62.5 Å². The second kappa shape index (κ2) is 9.24. The molecule has 188 valence electrons. The van der Waals surface area contributed by atoms with Crippen molar-refractivity contribution >= 4 is 22.5 Å². The molecular weight excluding hydrogens is 454 g/mol. The number of fused-ring (bicyclic) bond motifs is 2. The molecule has 5 heterocycles. The number of rotatable bonds is 5. The molecule has 0 spiro atoms. The zero-order valence-electron chi connectivity index (χ0n) is 21.2. The SMILES string of the molecule is COc1cc(-c2[nH]c3ccc(C4CCN(C(=O)C5CCCO5)CC4)cc3c2C(C)C)cn2ncnc12. The van der Waals surface area contributed by atoms with E-state index < -0.39 is 0 Å². The lowest BCUT2D eigenvalue weighted by Gasteiger charge is -2.33. The Bertz CT molecular complexity index is 1410. The number of methoxy groups -OCH3 is 1. The molecule has 4 aromatic rings. The van der Waals surface area contributed by atoms with E-state index in [0.29, 0.717) is 29.8 Å². The van der Waals surface area contributed by atoms with Crippen molar-refractivity contribution in [1.29, 1.82) is 0 Å². The fourth-order valence-corrected chi connectivity index (χ4v) is 5.90. The van der Waals surface area contributed by atoms with Gasteiger partial charge in [-0.3, -0.25) is 4.79 Å². The topological polar surface area (TPSA) is 84.8 Å². The van der Waals surface area contributed by atoms with Crippen LogP contribution in [-0.2, 0) is 9.53 Å². The third kappa shape index (κ3) is 3.93. The van der Waals surface area contributed by atoms with Gasteiger partial charge in [0.2, 0.25) is 0 Å². The van der Waals surface area contributed by atoms with E-state index in [1.165, 1.54) is 16.5 Å². The van der Waals surface area contributed by atoms with Gasteiger partial charge in [0, 0.05) is 42.4 Å². The predicted molar refractivity (Wildman–Crippen MR) is 138 cm³/mol. The number of hydrogen-bond donors (Lipinski definition) is 1. The number of nitrogens with zero attached hydrogens (tertiary/aromatic N) is 4. The molecule has 2 aliphatic rings. The molecule has 2 aliphatic heterocycles. The Balaban J connectivity index is 1.31. The summed E-state index contributed by atoms with van der Waals surface area (Å²) in [6.07, 6.45) is 7.14. The summed E-state index contributed by atoms with van der Waals surface area (Å²) in [5.74, 6) is 1.65. The monoisotopic (exact) mass is 487 g/mol. The minimum Gasteiger partial charge on any atom is -0.493 e. The van der Waals surface area contributed by atoms with E-state index >= 15 is 0 Å². The summed E-state index contributed by atoms with van der Waals surface area (Å²) in [5, 5.41) is 5.59. The number of likely N-dealkylation sites (tertiary alicyclic amines) is 1. The first-order valence-corrected chi connectivity index (χ1v) is 13.0. The Kier molecular flexibility index (Phi) is 5.91. The molecule has 1 aromatic carbocycles. The van der Waals surface area contributed by atoms with Gasteiger partial charge in [0.1, 0.15) is 12.4 Å². The van der Waals surface area contributed by atoms with Crippen molar-refractivity contribution in [3.05, 3.63) is 47.9 Å². The Morgan fingerprint density at radius 2 is 2.03 bits per heavy atom. The first kappa shape index (κ1) is 23.0. The van der Waals surface area contributed by atoms with E-state index in [-0.39, 0.29) is 12.0 Å². The van der Waals surface area contributed by atoms with Gasteiger partial charge < -0.3 is 19.4 Å². The maximum absolute atomic E-state index is 12.8. The van der Waals surface area contributed by atoms with E-state index in [2.05, 4.69) is 47.1 Å². The predicted octanol–water partition coefficient (Wildman–Crippen LogP) is 4.89. The number of pyridine rings is 1. The average Bonchev–Trinajstić information content (AvgIpc) is 3.66. The van der Waals surface area contributed by atoms with Crippen LogP contribution in [0.2, 0.25) is 0 Å². The fourth-order valence-electron chi connectivity index (χ4n) is 5.90. The lowest BCUT2D eigenvalue weighted by molar-refractivity contribution is -0.142. The van der Waals surface area contributed by atoms with Crippen LogP contribution in [0.25, 0.3) is 27.8 Å². The highest BCUT2D eigenvalue weighted by Gasteiger charge is 2.31. The highest BCUT2D eigenvalue weighted by Crippen LogP contribution is 2.39. The van der Waals surface area contributed by atoms with Crippen molar-refractivity contribution in [2.24, 2.45) is 0 Å². The molecule has 1 unspecified atom stereocenters. The molecular formula is C28H33N5O3. The maximum Gasteiger partial charge on any atom is 0.251 e. The second-order valence-corrected chi connectivity index (χ2v) is 10.3. The van der Waals surface area contributed by atoms with Gasteiger partial charge in [-0.15, -0.1) is 0 Å². The molecule has 2 saturated heterocycles. The number of nitrogens with one attached hydrogen (secondary N) is 1. The third-order valence-corrected chi connectivity index (χ3v) is 7.77. The van der Waals surface area contributed by atoms with Crippen LogP contribution in [0.4, 0.5) is 0 Å². The quantitative estimate of drug-likeness (QED) is 0.433.